The number of nitrogens with zero attached hydrogens (tertiary/aromatic N) is 2. The van der Waals surface area contributed by atoms with Gasteiger partial charge in [0.1, 0.15) is 5.75 Å². The zero-order chi connectivity index (χ0) is 13.1. The third kappa shape index (κ3) is 2.89. The molecule has 0 saturated heterocycles. The number of aromatic nitrogens is 2. The molecule has 1 amide bonds. The molecule has 1 heterocycles. The average Bonchev–Trinajstić information content (AvgIpc) is 2.75. The van der Waals surface area contributed by atoms with Crippen molar-refractivity contribution in [1.29, 1.82) is 0 Å². The second-order valence-electron chi connectivity index (χ2n) is 3.82. The Morgan fingerprint density at radius 1 is 1.50 bits per heavy atom. The van der Waals surface area contributed by atoms with Crippen LogP contribution in [0.2, 0.25) is 0 Å². The fourth-order valence-electron chi connectivity index (χ4n) is 1.51. The summed E-state index contributed by atoms with van der Waals surface area (Å²) < 4.78 is 2.40. The van der Waals surface area contributed by atoms with Gasteiger partial charge in [-0.2, -0.15) is 5.10 Å². The van der Waals surface area contributed by atoms with Crippen LogP contribution in [0.5, 0.6) is 5.75 Å². The zero-order valence-corrected chi connectivity index (χ0v) is 11.3. The van der Waals surface area contributed by atoms with Gasteiger partial charge in [0.05, 0.1) is 17.8 Å². The average molecular weight is 310 g/mol. The largest absolute Gasteiger partial charge is 0.507 e. The van der Waals surface area contributed by atoms with Gasteiger partial charge in [0.25, 0.3) is 5.91 Å². The molecule has 94 valence electrons. The highest BCUT2D eigenvalue weighted by molar-refractivity contribution is 9.10. The second kappa shape index (κ2) is 5.22. The molecule has 0 aliphatic carbocycles. The van der Waals surface area contributed by atoms with Crippen LogP contribution >= 0.6 is 15.9 Å². The summed E-state index contributed by atoms with van der Waals surface area (Å²) in [6.45, 7) is 0.325. The van der Waals surface area contributed by atoms with E-state index in [0.29, 0.717) is 6.54 Å². The first-order valence-corrected chi connectivity index (χ1v) is 6.11. The van der Waals surface area contributed by atoms with Crippen LogP contribution in [0.1, 0.15) is 16.1 Å². The van der Waals surface area contributed by atoms with Gasteiger partial charge in [0, 0.05) is 17.7 Å². The van der Waals surface area contributed by atoms with Crippen LogP contribution in [0.15, 0.2) is 34.9 Å². The zero-order valence-electron chi connectivity index (χ0n) is 9.72. The number of hydrogen-bond acceptors (Lipinski definition) is 3. The minimum absolute atomic E-state index is 0.0447. The number of rotatable bonds is 3. The van der Waals surface area contributed by atoms with Gasteiger partial charge in [-0.15, -0.1) is 0 Å². The van der Waals surface area contributed by atoms with Crippen molar-refractivity contribution < 1.29 is 9.90 Å². The Kier molecular flexibility index (Phi) is 3.66. The molecule has 0 unspecified atom stereocenters. The Labute approximate surface area is 113 Å². The molecule has 1 aromatic heterocycles. The molecule has 2 rings (SSSR count). The Hall–Kier alpha value is -1.82. The van der Waals surface area contributed by atoms with E-state index in [-0.39, 0.29) is 17.2 Å². The van der Waals surface area contributed by atoms with E-state index in [1.165, 1.54) is 6.07 Å². The van der Waals surface area contributed by atoms with E-state index in [4.69, 9.17) is 0 Å². The van der Waals surface area contributed by atoms with Crippen LogP contribution in [-0.4, -0.2) is 20.8 Å². The van der Waals surface area contributed by atoms with Crippen LogP contribution in [0, 0.1) is 0 Å². The summed E-state index contributed by atoms with van der Waals surface area (Å²) in [5.74, 6) is -0.379. The number of phenolic OH excluding ortho intramolecular Hbond substituents is 1. The maximum atomic E-state index is 11.9. The Morgan fingerprint density at radius 3 is 2.94 bits per heavy atom. The third-order valence-electron chi connectivity index (χ3n) is 2.40. The molecular formula is C12H12BrN3O2. The lowest BCUT2D eigenvalue weighted by molar-refractivity contribution is 0.0947. The number of hydrogen-bond donors (Lipinski definition) is 2. The second-order valence-corrected chi connectivity index (χ2v) is 4.74. The number of carbonyl (C=O) groups excluding carboxylic acids is 1. The topological polar surface area (TPSA) is 67.2 Å². The number of carbonyl (C=O) groups is 1. The first-order chi connectivity index (χ1) is 8.56. The molecule has 2 N–H and O–H groups in total. The number of phenols is 1. The van der Waals surface area contributed by atoms with Gasteiger partial charge in [-0.3, -0.25) is 9.48 Å². The van der Waals surface area contributed by atoms with Gasteiger partial charge in [-0.25, -0.2) is 0 Å². The molecule has 0 radical (unpaired) electrons. The van der Waals surface area contributed by atoms with Crippen molar-refractivity contribution in [2.24, 2.45) is 7.05 Å². The first kappa shape index (κ1) is 12.6. The molecule has 2 aromatic rings. The third-order valence-corrected chi connectivity index (χ3v) is 2.90. The van der Waals surface area contributed by atoms with Gasteiger partial charge in [0.2, 0.25) is 0 Å². The van der Waals surface area contributed by atoms with Crippen LogP contribution in [0.3, 0.4) is 0 Å². The molecule has 0 saturated carbocycles. The highest BCUT2D eigenvalue weighted by atomic mass is 79.9. The van der Waals surface area contributed by atoms with Gasteiger partial charge in [-0.05, 0) is 24.3 Å². The fourth-order valence-corrected chi connectivity index (χ4v) is 1.87. The number of amides is 1. The van der Waals surface area contributed by atoms with E-state index in [2.05, 4.69) is 26.3 Å². The van der Waals surface area contributed by atoms with Crippen LogP contribution < -0.4 is 5.32 Å². The quantitative estimate of drug-likeness (QED) is 0.909. The molecule has 0 aliphatic heterocycles. The predicted molar refractivity (Wildman–Crippen MR) is 70.2 cm³/mol. The molecule has 1 aromatic carbocycles. The Balaban J connectivity index is 2.05. The van der Waals surface area contributed by atoms with Crippen molar-refractivity contribution in [1.82, 2.24) is 15.1 Å². The monoisotopic (exact) mass is 309 g/mol. The highest BCUT2D eigenvalue weighted by Crippen LogP contribution is 2.21. The molecule has 0 bridgehead atoms. The lowest BCUT2D eigenvalue weighted by Gasteiger charge is -2.06. The number of benzene rings is 1. The minimum Gasteiger partial charge on any atom is -0.507 e. The molecule has 6 heteroatoms. The molecule has 0 spiro atoms. The van der Waals surface area contributed by atoms with E-state index < -0.39 is 0 Å². The Bertz CT molecular complexity index is 580. The molecule has 0 fully saturated rings. The lowest BCUT2D eigenvalue weighted by Crippen LogP contribution is -2.23. The van der Waals surface area contributed by atoms with Crippen molar-refractivity contribution in [3.63, 3.8) is 0 Å². The van der Waals surface area contributed by atoms with Crippen molar-refractivity contribution in [3.8, 4) is 5.75 Å². The number of nitrogens with one attached hydrogen (secondary N) is 1. The summed E-state index contributed by atoms with van der Waals surface area (Å²) in [4.78, 5) is 11.9. The van der Waals surface area contributed by atoms with Crippen molar-refractivity contribution in [3.05, 3.63) is 46.2 Å². The van der Waals surface area contributed by atoms with Gasteiger partial charge >= 0.3 is 0 Å². The molecule has 0 aliphatic rings. The molecule has 5 nitrogen and oxygen atoms in total. The molecule has 18 heavy (non-hydrogen) atoms. The molecule has 0 atom stereocenters. The summed E-state index contributed by atoms with van der Waals surface area (Å²) in [7, 11) is 1.81. The van der Waals surface area contributed by atoms with E-state index in [0.717, 1.165) is 10.2 Å². The summed E-state index contributed by atoms with van der Waals surface area (Å²) in [5.41, 5.74) is 1.00. The number of halogens is 1. The standard InChI is InChI=1S/C12H12BrN3O2/c1-16-5-4-9(15-16)7-14-12(18)10-6-8(13)2-3-11(10)17/h2-6,17H,7H2,1H3,(H,14,18). The number of aryl methyl sites for hydroxylation is 1. The van der Waals surface area contributed by atoms with Gasteiger partial charge in [-0.1, -0.05) is 15.9 Å². The minimum atomic E-state index is -0.334. The van der Waals surface area contributed by atoms with E-state index in [9.17, 15) is 9.90 Å². The van der Waals surface area contributed by atoms with Crippen LogP contribution in [0.4, 0.5) is 0 Å². The summed E-state index contributed by atoms with van der Waals surface area (Å²) >= 11 is 3.26. The maximum absolute atomic E-state index is 11.9. The fraction of sp³-hybridized carbons (Fsp3) is 0.167. The van der Waals surface area contributed by atoms with Crippen molar-refractivity contribution >= 4 is 21.8 Å². The normalized spacial score (nSPS) is 10.3. The summed E-state index contributed by atoms with van der Waals surface area (Å²) in [6, 6.07) is 6.54. The molecular weight excluding hydrogens is 298 g/mol. The highest BCUT2D eigenvalue weighted by Gasteiger charge is 2.11. The van der Waals surface area contributed by atoms with Crippen LogP contribution in [-0.2, 0) is 13.6 Å². The van der Waals surface area contributed by atoms with Gasteiger partial charge < -0.3 is 10.4 Å². The van der Waals surface area contributed by atoms with Crippen LogP contribution in [0.25, 0.3) is 0 Å². The lowest BCUT2D eigenvalue weighted by atomic mass is 10.2. The van der Waals surface area contributed by atoms with Crippen molar-refractivity contribution in [2.45, 2.75) is 6.54 Å². The summed E-state index contributed by atoms with van der Waals surface area (Å²) in [6.07, 6.45) is 1.80. The first-order valence-electron chi connectivity index (χ1n) is 5.31. The Morgan fingerprint density at radius 2 is 2.28 bits per heavy atom. The summed E-state index contributed by atoms with van der Waals surface area (Å²) in [5, 5.41) is 16.5. The van der Waals surface area contributed by atoms with E-state index in [1.54, 1.807) is 23.0 Å². The van der Waals surface area contributed by atoms with E-state index in [1.807, 2.05) is 13.1 Å². The van der Waals surface area contributed by atoms with Gasteiger partial charge in [0.15, 0.2) is 0 Å². The van der Waals surface area contributed by atoms with Crippen molar-refractivity contribution in [2.75, 3.05) is 0 Å². The van der Waals surface area contributed by atoms with E-state index >= 15 is 0 Å². The smallest absolute Gasteiger partial charge is 0.255 e. The maximum Gasteiger partial charge on any atom is 0.255 e. The predicted octanol–water partition coefficient (Wildman–Crippen LogP) is 1.82. The number of aromatic hydroxyl groups is 1. The SMILES string of the molecule is Cn1ccc(CNC(=O)c2cc(Br)ccc2O)n1.